The molecule has 6 heteroatoms. The SMILES string of the molecule is CNc1cc(NCC(=O)N2CCCC2)nc(C2CC2)n1. The van der Waals surface area contributed by atoms with E-state index in [2.05, 4.69) is 20.6 Å². The number of anilines is 2. The molecule has 1 aliphatic heterocycles. The monoisotopic (exact) mass is 275 g/mol. The number of nitrogens with zero attached hydrogens (tertiary/aromatic N) is 3. The molecular weight excluding hydrogens is 254 g/mol. The average molecular weight is 275 g/mol. The lowest BCUT2D eigenvalue weighted by Crippen LogP contribution is -2.33. The standard InChI is InChI=1S/C14H21N5O/c1-15-11-8-12(18-14(17-11)10-4-5-10)16-9-13(20)19-6-2-3-7-19/h8,10H,2-7,9H2,1H3,(H2,15,16,17,18). The van der Waals surface area contributed by atoms with Crippen LogP contribution in [0.5, 0.6) is 0 Å². The van der Waals surface area contributed by atoms with Crippen molar-refractivity contribution in [1.82, 2.24) is 14.9 Å². The molecule has 1 aromatic heterocycles. The van der Waals surface area contributed by atoms with Crippen molar-refractivity contribution in [3.8, 4) is 0 Å². The van der Waals surface area contributed by atoms with Crippen molar-refractivity contribution in [1.29, 1.82) is 0 Å². The summed E-state index contributed by atoms with van der Waals surface area (Å²) in [6.45, 7) is 2.09. The third-order valence-electron chi connectivity index (χ3n) is 3.82. The van der Waals surface area contributed by atoms with E-state index >= 15 is 0 Å². The van der Waals surface area contributed by atoms with E-state index in [4.69, 9.17) is 0 Å². The first-order valence-corrected chi connectivity index (χ1v) is 7.34. The molecular formula is C14H21N5O. The Morgan fingerprint density at radius 1 is 1.30 bits per heavy atom. The van der Waals surface area contributed by atoms with Crippen LogP contribution < -0.4 is 10.6 Å². The number of aromatic nitrogens is 2. The van der Waals surface area contributed by atoms with Crippen LogP contribution in [0.15, 0.2) is 6.07 Å². The number of carbonyl (C=O) groups excluding carboxylic acids is 1. The van der Waals surface area contributed by atoms with Crippen LogP contribution in [0.4, 0.5) is 11.6 Å². The zero-order valence-electron chi connectivity index (χ0n) is 11.9. The molecule has 2 aliphatic rings. The van der Waals surface area contributed by atoms with Gasteiger partial charge in [0.25, 0.3) is 0 Å². The molecule has 0 radical (unpaired) electrons. The van der Waals surface area contributed by atoms with Gasteiger partial charge >= 0.3 is 0 Å². The normalized spacial score (nSPS) is 18.1. The summed E-state index contributed by atoms with van der Waals surface area (Å²) in [4.78, 5) is 22.9. The highest BCUT2D eigenvalue weighted by Crippen LogP contribution is 2.38. The fraction of sp³-hybridized carbons (Fsp3) is 0.643. The van der Waals surface area contributed by atoms with Gasteiger partial charge in [0.15, 0.2) is 0 Å². The summed E-state index contributed by atoms with van der Waals surface area (Å²) in [5.41, 5.74) is 0. The summed E-state index contributed by atoms with van der Waals surface area (Å²) in [7, 11) is 1.85. The van der Waals surface area contributed by atoms with Crippen LogP contribution in [0.25, 0.3) is 0 Å². The lowest BCUT2D eigenvalue weighted by molar-refractivity contribution is -0.128. The van der Waals surface area contributed by atoms with Gasteiger partial charge in [-0.05, 0) is 25.7 Å². The quantitative estimate of drug-likeness (QED) is 0.850. The van der Waals surface area contributed by atoms with Gasteiger partial charge in [0.2, 0.25) is 5.91 Å². The second-order valence-electron chi connectivity index (χ2n) is 5.46. The van der Waals surface area contributed by atoms with E-state index in [-0.39, 0.29) is 5.91 Å². The zero-order valence-corrected chi connectivity index (χ0v) is 11.9. The second kappa shape index (κ2) is 5.64. The van der Waals surface area contributed by atoms with E-state index in [9.17, 15) is 4.79 Å². The minimum absolute atomic E-state index is 0.153. The molecule has 1 aliphatic carbocycles. The summed E-state index contributed by atoms with van der Waals surface area (Å²) >= 11 is 0. The summed E-state index contributed by atoms with van der Waals surface area (Å²) in [6, 6.07) is 1.85. The molecule has 1 saturated heterocycles. The van der Waals surface area contributed by atoms with E-state index in [0.29, 0.717) is 12.5 Å². The van der Waals surface area contributed by atoms with Crippen molar-refractivity contribution in [3.63, 3.8) is 0 Å². The Bertz CT molecular complexity index is 494. The molecule has 1 saturated carbocycles. The predicted molar refractivity (Wildman–Crippen MR) is 77.9 cm³/mol. The van der Waals surface area contributed by atoms with Crippen molar-refractivity contribution in [2.75, 3.05) is 37.3 Å². The van der Waals surface area contributed by atoms with Gasteiger partial charge < -0.3 is 15.5 Å². The third-order valence-corrected chi connectivity index (χ3v) is 3.82. The Morgan fingerprint density at radius 3 is 2.65 bits per heavy atom. The van der Waals surface area contributed by atoms with E-state index in [1.54, 1.807) is 0 Å². The maximum absolute atomic E-state index is 12.0. The van der Waals surface area contributed by atoms with Crippen molar-refractivity contribution < 1.29 is 4.79 Å². The molecule has 0 atom stereocenters. The van der Waals surface area contributed by atoms with Gasteiger partial charge in [0.1, 0.15) is 17.5 Å². The number of hydrogen-bond donors (Lipinski definition) is 2. The third kappa shape index (κ3) is 3.00. The molecule has 0 unspecified atom stereocenters. The maximum atomic E-state index is 12.0. The van der Waals surface area contributed by atoms with Gasteiger partial charge in [0.05, 0.1) is 6.54 Å². The van der Waals surface area contributed by atoms with E-state index in [0.717, 1.165) is 43.4 Å². The summed E-state index contributed by atoms with van der Waals surface area (Å²) in [5.74, 6) is 3.07. The van der Waals surface area contributed by atoms with Crippen LogP contribution in [0.1, 0.15) is 37.4 Å². The Hall–Kier alpha value is -1.85. The molecule has 1 aromatic rings. The smallest absolute Gasteiger partial charge is 0.241 e. The largest absolute Gasteiger partial charge is 0.373 e. The number of carbonyl (C=O) groups is 1. The first-order chi connectivity index (χ1) is 9.76. The van der Waals surface area contributed by atoms with Gasteiger partial charge in [-0.15, -0.1) is 0 Å². The van der Waals surface area contributed by atoms with Crippen molar-refractivity contribution >= 4 is 17.5 Å². The Kier molecular flexibility index (Phi) is 3.71. The van der Waals surface area contributed by atoms with E-state index in [1.165, 1.54) is 12.8 Å². The highest BCUT2D eigenvalue weighted by molar-refractivity contribution is 5.80. The molecule has 2 fully saturated rings. The molecule has 3 rings (SSSR count). The number of nitrogens with one attached hydrogen (secondary N) is 2. The molecule has 2 heterocycles. The topological polar surface area (TPSA) is 70.2 Å². The van der Waals surface area contributed by atoms with Gasteiger partial charge in [-0.2, -0.15) is 0 Å². The fourth-order valence-corrected chi connectivity index (χ4v) is 2.45. The van der Waals surface area contributed by atoms with Crippen LogP contribution in [0.3, 0.4) is 0 Å². The fourth-order valence-electron chi connectivity index (χ4n) is 2.45. The highest BCUT2D eigenvalue weighted by atomic mass is 16.2. The van der Waals surface area contributed by atoms with Crippen molar-refractivity contribution in [2.45, 2.75) is 31.6 Å². The molecule has 0 spiro atoms. The summed E-state index contributed by atoms with van der Waals surface area (Å²) in [5, 5.41) is 6.18. The van der Waals surface area contributed by atoms with Crippen LogP contribution in [-0.4, -0.2) is 47.5 Å². The van der Waals surface area contributed by atoms with Gasteiger partial charge in [-0.3, -0.25) is 4.79 Å². The number of hydrogen-bond acceptors (Lipinski definition) is 5. The van der Waals surface area contributed by atoms with Gasteiger partial charge in [-0.1, -0.05) is 0 Å². The Morgan fingerprint density at radius 2 is 2.00 bits per heavy atom. The lowest BCUT2D eigenvalue weighted by atomic mass is 10.3. The van der Waals surface area contributed by atoms with Crippen LogP contribution in [0.2, 0.25) is 0 Å². The Labute approximate surface area is 119 Å². The minimum atomic E-state index is 0.153. The molecule has 0 bridgehead atoms. The average Bonchev–Trinajstić information content (AvgIpc) is 3.19. The first-order valence-electron chi connectivity index (χ1n) is 7.34. The molecule has 20 heavy (non-hydrogen) atoms. The van der Waals surface area contributed by atoms with Crippen LogP contribution in [-0.2, 0) is 4.79 Å². The van der Waals surface area contributed by atoms with E-state index in [1.807, 2.05) is 18.0 Å². The molecule has 6 nitrogen and oxygen atoms in total. The van der Waals surface area contributed by atoms with Crippen LogP contribution >= 0.6 is 0 Å². The summed E-state index contributed by atoms with van der Waals surface area (Å²) in [6.07, 6.45) is 4.57. The van der Waals surface area contributed by atoms with Crippen molar-refractivity contribution in [3.05, 3.63) is 11.9 Å². The number of amides is 1. The van der Waals surface area contributed by atoms with Crippen molar-refractivity contribution in [2.24, 2.45) is 0 Å². The first kappa shape index (κ1) is 13.1. The molecule has 108 valence electrons. The molecule has 1 amide bonds. The lowest BCUT2D eigenvalue weighted by Gasteiger charge is -2.16. The second-order valence-corrected chi connectivity index (χ2v) is 5.46. The predicted octanol–water partition coefficient (Wildman–Crippen LogP) is 1.43. The van der Waals surface area contributed by atoms with Crippen LogP contribution in [0, 0.1) is 0 Å². The van der Waals surface area contributed by atoms with E-state index < -0.39 is 0 Å². The summed E-state index contributed by atoms with van der Waals surface area (Å²) < 4.78 is 0. The molecule has 0 aromatic carbocycles. The minimum Gasteiger partial charge on any atom is -0.373 e. The molecule has 2 N–H and O–H groups in total. The Balaban J connectivity index is 1.63. The highest BCUT2D eigenvalue weighted by Gasteiger charge is 2.27. The number of likely N-dealkylation sites (tertiary alicyclic amines) is 1. The van der Waals surface area contributed by atoms with Gasteiger partial charge in [-0.25, -0.2) is 9.97 Å². The maximum Gasteiger partial charge on any atom is 0.241 e. The number of rotatable bonds is 5. The zero-order chi connectivity index (χ0) is 13.9. The van der Waals surface area contributed by atoms with Gasteiger partial charge in [0, 0.05) is 32.1 Å².